The van der Waals surface area contributed by atoms with Gasteiger partial charge in [0.15, 0.2) is 17.5 Å². The van der Waals surface area contributed by atoms with Crippen molar-refractivity contribution in [1.29, 1.82) is 0 Å². The van der Waals surface area contributed by atoms with Crippen LogP contribution >= 0.6 is 0 Å². The maximum atomic E-state index is 5.08. The smallest absolute Gasteiger partial charge is 0.164 e. The lowest BCUT2D eigenvalue weighted by molar-refractivity contribution is 1.06. The first-order chi connectivity index (χ1) is 19.3. The van der Waals surface area contributed by atoms with E-state index in [1.807, 2.05) is 109 Å². The lowest BCUT2D eigenvalue weighted by Gasteiger charge is -2.13. The maximum Gasteiger partial charge on any atom is 0.164 e. The zero-order valence-corrected chi connectivity index (χ0v) is 20.9. The molecule has 0 saturated heterocycles. The quantitative estimate of drug-likeness (QED) is 0.247. The Morgan fingerprint density at radius 2 is 0.974 bits per heavy atom. The second-order valence-electron chi connectivity index (χ2n) is 9.05. The summed E-state index contributed by atoms with van der Waals surface area (Å²) in [6.07, 6.45) is 3.59. The molecule has 0 radical (unpaired) electrons. The Labute approximate surface area is 225 Å². The van der Waals surface area contributed by atoms with Crippen molar-refractivity contribution < 1.29 is 0 Å². The molecule has 0 unspecified atom stereocenters. The van der Waals surface area contributed by atoms with Gasteiger partial charge < -0.3 is 0 Å². The second-order valence-corrected chi connectivity index (χ2v) is 9.05. The Morgan fingerprint density at radius 1 is 0.436 bits per heavy atom. The van der Waals surface area contributed by atoms with Gasteiger partial charge in [0.2, 0.25) is 0 Å². The maximum absolute atomic E-state index is 5.08. The summed E-state index contributed by atoms with van der Waals surface area (Å²) in [6.45, 7) is 0. The Hall–Kier alpha value is -5.49. The highest BCUT2D eigenvalue weighted by Gasteiger charge is 2.20. The SMILES string of the molecule is c1ccc(-c2nc(-c3ccccc3)nc(-c3ccccc3-c3nc4ccccc4n3-c3ccncc3)n2)cc1. The zero-order valence-electron chi connectivity index (χ0n) is 20.9. The molecule has 0 aliphatic carbocycles. The summed E-state index contributed by atoms with van der Waals surface area (Å²) in [5.41, 5.74) is 6.56. The van der Waals surface area contributed by atoms with Gasteiger partial charge in [0, 0.05) is 34.6 Å². The molecule has 0 atom stereocenters. The third kappa shape index (κ3) is 4.24. The minimum Gasteiger partial charge on any atom is -0.292 e. The van der Waals surface area contributed by atoms with E-state index in [0.29, 0.717) is 17.5 Å². The topological polar surface area (TPSA) is 69.4 Å². The van der Waals surface area contributed by atoms with E-state index >= 15 is 0 Å². The molecule has 7 rings (SSSR count). The summed E-state index contributed by atoms with van der Waals surface area (Å²) in [4.78, 5) is 24.1. The van der Waals surface area contributed by atoms with Crippen molar-refractivity contribution in [1.82, 2.24) is 29.5 Å². The van der Waals surface area contributed by atoms with E-state index in [-0.39, 0.29) is 0 Å². The predicted octanol–water partition coefficient (Wildman–Crippen LogP) is 7.27. The third-order valence-corrected chi connectivity index (χ3v) is 6.59. The summed E-state index contributed by atoms with van der Waals surface area (Å²) < 4.78 is 2.16. The Kier molecular flexibility index (Phi) is 5.68. The van der Waals surface area contributed by atoms with Crippen LogP contribution in [0, 0.1) is 0 Å². The minimum atomic E-state index is 0.589. The van der Waals surface area contributed by atoms with E-state index in [0.717, 1.165) is 44.8 Å². The number of pyridine rings is 1. The number of fused-ring (bicyclic) bond motifs is 1. The van der Waals surface area contributed by atoms with Crippen molar-refractivity contribution in [2.24, 2.45) is 0 Å². The molecule has 184 valence electrons. The van der Waals surface area contributed by atoms with Gasteiger partial charge in [0.25, 0.3) is 0 Å². The average Bonchev–Trinajstić information content (AvgIpc) is 3.42. The summed E-state index contributed by atoms with van der Waals surface area (Å²) in [5, 5.41) is 0. The molecule has 3 heterocycles. The van der Waals surface area contributed by atoms with Crippen molar-refractivity contribution >= 4 is 11.0 Å². The minimum absolute atomic E-state index is 0.589. The van der Waals surface area contributed by atoms with Crippen LogP contribution in [-0.4, -0.2) is 29.5 Å². The van der Waals surface area contributed by atoms with E-state index in [4.69, 9.17) is 19.9 Å². The fraction of sp³-hybridized carbons (Fsp3) is 0. The summed E-state index contributed by atoms with van der Waals surface area (Å²) in [6, 6.07) is 40.3. The van der Waals surface area contributed by atoms with E-state index in [9.17, 15) is 0 Å². The van der Waals surface area contributed by atoms with Crippen LogP contribution in [0.2, 0.25) is 0 Å². The van der Waals surface area contributed by atoms with Gasteiger partial charge in [-0.3, -0.25) is 9.55 Å². The zero-order chi connectivity index (χ0) is 26.0. The number of hydrogen-bond donors (Lipinski definition) is 0. The Bertz CT molecular complexity index is 1840. The first-order valence-corrected chi connectivity index (χ1v) is 12.7. The van der Waals surface area contributed by atoms with Gasteiger partial charge >= 0.3 is 0 Å². The summed E-state index contributed by atoms with van der Waals surface area (Å²) in [5.74, 6) is 2.64. The normalized spacial score (nSPS) is 11.1. The molecule has 4 aromatic carbocycles. The van der Waals surface area contributed by atoms with E-state index in [2.05, 4.69) is 21.7 Å². The van der Waals surface area contributed by atoms with Gasteiger partial charge in [-0.05, 0) is 24.3 Å². The van der Waals surface area contributed by atoms with Crippen LogP contribution in [0.25, 0.3) is 62.3 Å². The number of hydrogen-bond acceptors (Lipinski definition) is 5. The van der Waals surface area contributed by atoms with E-state index < -0.39 is 0 Å². The highest BCUT2D eigenvalue weighted by Crippen LogP contribution is 2.35. The first kappa shape index (κ1) is 22.7. The number of benzene rings is 4. The monoisotopic (exact) mass is 502 g/mol. The fourth-order valence-corrected chi connectivity index (χ4v) is 4.76. The molecular formula is C33H22N6. The Morgan fingerprint density at radius 3 is 1.64 bits per heavy atom. The lowest BCUT2D eigenvalue weighted by atomic mass is 10.1. The highest BCUT2D eigenvalue weighted by atomic mass is 15.1. The number of aromatic nitrogens is 6. The van der Waals surface area contributed by atoms with Gasteiger partial charge in [-0.2, -0.15) is 0 Å². The van der Waals surface area contributed by atoms with Gasteiger partial charge in [-0.15, -0.1) is 0 Å². The average molecular weight is 503 g/mol. The van der Waals surface area contributed by atoms with Crippen molar-refractivity contribution in [2.75, 3.05) is 0 Å². The molecule has 6 nitrogen and oxygen atoms in total. The van der Waals surface area contributed by atoms with Crippen molar-refractivity contribution in [3.63, 3.8) is 0 Å². The molecule has 0 amide bonds. The molecule has 6 heteroatoms. The van der Waals surface area contributed by atoms with Crippen molar-refractivity contribution in [2.45, 2.75) is 0 Å². The van der Waals surface area contributed by atoms with Crippen molar-refractivity contribution in [3.8, 4) is 51.2 Å². The molecule has 3 aromatic heterocycles. The first-order valence-electron chi connectivity index (χ1n) is 12.7. The van der Waals surface area contributed by atoms with E-state index in [1.54, 1.807) is 12.4 Å². The molecule has 0 N–H and O–H groups in total. The van der Waals surface area contributed by atoms with Crippen LogP contribution < -0.4 is 0 Å². The predicted molar refractivity (Wildman–Crippen MR) is 154 cm³/mol. The molecule has 39 heavy (non-hydrogen) atoms. The van der Waals surface area contributed by atoms with Crippen LogP contribution in [-0.2, 0) is 0 Å². The van der Waals surface area contributed by atoms with Crippen LogP contribution in [0.15, 0.2) is 134 Å². The standard InChI is InChI=1S/C33H22N6/c1-3-11-23(12-4-1)30-36-31(24-13-5-2-6-14-24)38-32(37-30)26-15-7-8-16-27(26)33-35-28-17-9-10-18-29(28)39(33)25-19-21-34-22-20-25/h1-22H. The van der Waals surface area contributed by atoms with Crippen LogP contribution in [0.4, 0.5) is 0 Å². The van der Waals surface area contributed by atoms with Crippen LogP contribution in [0.3, 0.4) is 0 Å². The van der Waals surface area contributed by atoms with Crippen LogP contribution in [0.5, 0.6) is 0 Å². The number of imidazole rings is 1. The van der Waals surface area contributed by atoms with Crippen LogP contribution in [0.1, 0.15) is 0 Å². The molecule has 0 fully saturated rings. The largest absolute Gasteiger partial charge is 0.292 e. The molecule has 7 aromatic rings. The fourth-order valence-electron chi connectivity index (χ4n) is 4.76. The van der Waals surface area contributed by atoms with Gasteiger partial charge in [-0.25, -0.2) is 19.9 Å². The molecule has 0 saturated carbocycles. The Balaban J connectivity index is 1.49. The molecule has 0 aliphatic rings. The third-order valence-electron chi connectivity index (χ3n) is 6.59. The highest BCUT2D eigenvalue weighted by molar-refractivity contribution is 5.87. The number of para-hydroxylation sites is 2. The van der Waals surface area contributed by atoms with E-state index in [1.165, 1.54) is 0 Å². The molecule has 0 aliphatic heterocycles. The molecule has 0 spiro atoms. The number of nitrogens with zero attached hydrogens (tertiary/aromatic N) is 6. The van der Waals surface area contributed by atoms with Gasteiger partial charge in [-0.1, -0.05) is 97.1 Å². The number of rotatable bonds is 5. The lowest BCUT2D eigenvalue weighted by Crippen LogP contribution is -2.03. The second kappa shape index (κ2) is 9.76. The summed E-state index contributed by atoms with van der Waals surface area (Å²) >= 11 is 0. The summed E-state index contributed by atoms with van der Waals surface area (Å²) in [7, 11) is 0. The van der Waals surface area contributed by atoms with Gasteiger partial charge in [0.05, 0.1) is 16.7 Å². The van der Waals surface area contributed by atoms with Crippen molar-refractivity contribution in [3.05, 3.63) is 134 Å². The molecule has 0 bridgehead atoms. The van der Waals surface area contributed by atoms with Gasteiger partial charge in [0.1, 0.15) is 5.82 Å². The molecular weight excluding hydrogens is 480 g/mol.